The van der Waals surface area contributed by atoms with Gasteiger partial charge in [0.15, 0.2) is 0 Å². The van der Waals surface area contributed by atoms with Crippen molar-refractivity contribution in [1.82, 2.24) is 5.32 Å². The fraction of sp³-hybridized carbons (Fsp3) is 0.188. The van der Waals surface area contributed by atoms with Crippen LogP contribution in [0.25, 0.3) is 0 Å². The number of anilines is 1. The lowest BCUT2D eigenvalue weighted by atomic mass is 10.2. The summed E-state index contributed by atoms with van der Waals surface area (Å²) in [4.78, 5) is 11.8. The third-order valence-electron chi connectivity index (χ3n) is 3.27. The second-order valence-electron chi connectivity index (χ2n) is 4.91. The van der Waals surface area contributed by atoms with Crippen LogP contribution >= 0.6 is 0 Å². The summed E-state index contributed by atoms with van der Waals surface area (Å²) >= 11 is 0. The number of hydrogen-bond donors (Lipinski definition) is 2. The molecule has 1 amide bonds. The van der Waals surface area contributed by atoms with Crippen molar-refractivity contribution in [2.75, 3.05) is 18.9 Å². The van der Waals surface area contributed by atoms with Crippen LogP contribution in [0.5, 0.6) is 5.75 Å². The van der Waals surface area contributed by atoms with E-state index >= 15 is 0 Å². The molecule has 2 rings (SSSR count). The molecule has 0 atom stereocenters. The van der Waals surface area contributed by atoms with E-state index in [2.05, 4.69) is 10.0 Å². The number of carbonyl (C=O) groups is 1. The topological polar surface area (TPSA) is 84.5 Å². The lowest BCUT2D eigenvalue weighted by molar-refractivity contribution is 0.0963. The fourth-order valence-corrected chi connectivity index (χ4v) is 3.05. The van der Waals surface area contributed by atoms with E-state index in [1.807, 2.05) is 6.92 Å². The maximum absolute atomic E-state index is 12.4. The molecule has 0 spiro atoms. The van der Waals surface area contributed by atoms with E-state index in [0.717, 1.165) is 5.56 Å². The predicted molar refractivity (Wildman–Crippen MR) is 88.4 cm³/mol. The second-order valence-corrected chi connectivity index (χ2v) is 6.60. The molecular formula is C16H18N2O4S. The van der Waals surface area contributed by atoms with Crippen LogP contribution in [0.1, 0.15) is 15.9 Å². The third-order valence-corrected chi connectivity index (χ3v) is 4.65. The van der Waals surface area contributed by atoms with E-state index < -0.39 is 10.0 Å². The normalized spacial score (nSPS) is 10.9. The van der Waals surface area contributed by atoms with Gasteiger partial charge in [0.25, 0.3) is 15.9 Å². The van der Waals surface area contributed by atoms with Gasteiger partial charge in [-0.3, -0.25) is 9.52 Å². The van der Waals surface area contributed by atoms with Crippen LogP contribution in [-0.4, -0.2) is 28.5 Å². The Morgan fingerprint density at radius 3 is 2.30 bits per heavy atom. The molecular weight excluding hydrogens is 316 g/mol. The highest BCUT2D eigenvalue weighted by Gasteiger charge is 2.17. The molecule has 0 saturated heterocycles. The summed E-state index contributed by atoms with van der Waals surface area (Å²) in [6.07, 6.45) is 0. The van der Waals surface area contributed by atoms with Gasteiger partial charge in [-0.25, -0.2) is 8.42 Å². The lowest BCUT2D eigenvalue weighted by Crippen LogP contribution is -2.18. The molecule has 0 aliphatic rings. The van der Waals surface area contributed by atoms with Gasteiger partial charge in [0.2, 0.25) is 0 Å². The van der Waals surface area contributed by atoms with Gasteiger partial charge in [-0.1, -0.05) is 17.7 Å². The van der Waals surface area contributed by atoms with Crippen molar-refractivity contribution in [3.63, 3.8) is 0 Å². The van der Waals surface area contributed by atoms with Crippen molar-refractivity contribution in [3.05, 3.63) is 53.6 Å². The molecule has 7 heteroatoms. The SMILES string of the molecule is CNC(=O)c1ccc(NS(=O)(=O)c2ccc(C)cc2)c(OC)c1. The average Bonchev–Trinajstić information content (AvgIpc) is 2.54. The summed E-state index contributed by atoms with van der Waals surface area (Å²) in [6.45, 7) is 1.88. The zero-order valence-electron chi connectivity index (χ0n) is 13.1. The zero-order chi connectivity index (χ0) is 17.0. The molecule has 0 unspecified atom stereocenters. The van der Waals surface area contributed by atoms with Gasteiger partial charge < -0.3 is 10.1 Å². The second kappa shape index (κ2) is 6.70. The van der Waals surface area contributed by atoms with Gasteiger partial charge in [-0.15, -0.1) is 0 Å². The number of carbonyl (C=O) groups excluding carboxylic acids is 1. The number of aryl methyl sites for hydroxylation is 1. The van der Waals surface area contributed by atoms with Crippen LogP contribution < -0.4 is 14.8 Å². The molecule has 2 aromatic rings. The summed E-state index contributed by atoms with van der Waals surface area (Å²) in [7, 11) is -0.806. The summed E-state index contributed by atoms with van der Waals surface area (Å²) in [5.74, 6) is -0.0157. The molecule has 0 fully saturated rings. The molecule has 122 valence electrons. The summed E-state index contributed by atoms with van der Waals surface area (Å²) in [5.41, 5.74) is 1.61. The maximum atomic E-state index is 12.4. The van der Waals surface area contributed by atoms with Gasteiger partial charge in [-0.05, 0) is 37.3 Å². The van der Waals surface area contributed by atoms with E-state index in [1.54, 1.807) is 12.1 Å². The smallest absolute Gasteiger partial charge is 0.262 e. The minimum absolute atomic E-state index is 0.153. The zero-order valence-corrected chi connectivity index (χ0v) is 13.9. The molecule has 0 aromatic heterocycles. The van der Waals surface area contributed by atoms with Crippen molar-refractivity contribution < 1.29 is 17.9 Å². The number of rotatable bonds is 5. The van der Waals surface area contributed by atoms with Gasteiger partial charge in [-0.2, -0.15) is 0 Å². The van der Waals surface area contributed by atoms with E-state index in [9.17, 15) is 13.2 Å². The van der Waals surface area contributed by atoms with Crippen LogP contribution in [0, 0.1) is 6.92 Å². The van der Waals surface area contributed by atoms with Crippen molar-refractivity contribution in [2.45, 2.75) is 11.8 Å². The first kappa shape index (κ1) is 16.8. The molecule has 0 heterocycles. The van der Waals surface area contributed by atoms with Gasteiger partial charge >= 0.3 is 0 Å². The predicted octanol–water partition coefficient (Wildman–Crippen LogP) is 2.16. The van der Waals surface area contributed by atoms with Crippen molar-refractivity contribution >= 4 is 21.6 Å². The highest BCUT2D eigenvalue weighted by atomic mass is 32.2. The number of ether oxygens (including phenoxy) is 1. The first-order valence-electron chi connectivity index (χ1n) is 6.87. The molecule has 0 bridgehead atoms. The Labute approximate surface area is 135 Å². The van der Waals surface area contributed by atoms with Crippen molar-refractivity contribution in [3.8, 4) is 5.75 Å². The Morgan fingerprint density at radius 2 is 1.74 bits per heavy atom. The Bertz CT molecular complexity index is 814. The third kappa shape index (κ3) is 3.81. The minimum atomic E-state index is -3.73. The van der Waals surface area contributed by atoms with E-state index in [0.29, 0.717) is 5.56 Å². The molecule has 23 heavy (non-hydrogen) atoms. The molecule has 0 aliphatic heterocycles. The van der Waals surface area contributed by atoms with Crippen LogP contribution in [0.15, 0.2) is 47.4 Å². The fourth-order valence-electron chi connectivity index (χ4n) is 1.98. The van der Waals surface area contributed by atoms with Crippen molar-refractivity contribution in [2.24, 2.45) is 0 Å². The molecule has 6 nitrogen and oxygen atoms in total. The molecule has 0 aliphatic carbocycles. The Kier molecular flexibility index (Phi) is 4.90. The van der Waals surface area contributed by atoms with E-state index in [4.69, 9.17) is 4.74 Å². The Hall–Kier alpha value is -2.54. The number of nitrogens with one attached hydrogen (secondary N) is 2. The first-order chi connectivity index (χ1) is 10.9. The minimum Gasteiger partial charge on any atom is -0.495 e. The molecule has 2 N–H and O–H groups in total. The molecule has 0 radical (unpaired) electrons. The monoisotopic (exact) mass is 334 g/mol. The van der Waals surface area contributed by atoms with Crippen LogP contribution in [0.3, 0.4) is 0 Å². The highest BCUT2D eigenvalue weighted by molar-refractivity contribution is 7.92. The molecule has 2 aromatic carbocycles. The first-order valence-corrected chi connectivity index (χ1v) is 8.35. The van der Waals surface area contributed by atoms with Crippen LogP contribution in [0.2, 0.25) is 0 Å². The van der Waals surface area contributed by atoms with Crippen LogP contribution in [0.4, 0.5) is 5.69 Å². The number of amides is 1. The maximum Gasteiger partial charge on any atom is 0.262 e. The van der Waals surface area contributed by atoms with Crippen molar-refractivity contribution in [1.29, 1.82) is 0 Å². The standard InChI is InChI=1S/C16H18N2O4S/c1-11-4-7-13(8-5-11)23(20,21)18-14-9-6-12(16(19)17-2)10-15(14)22-3/h4-10,18H,1-3H3,(H,17,19). The largest absolute Gasteiger partial charge is 0.495 e. The summed E-state index contributed by atoms with van der Waals surface area (Å²) in [6, 6.07) is 11.0. The Morgan fingerprint density at radius 1 is 1.09 bits per heavy atom. The summed E-state index contributed by atoms with van der Waals surface area (Å²) in [5, 5.41) is 2.50. The van der Waals surface area contributed by atoms with Gasteiger partial charge in [0.05, 0.1) is 17.7 Å². The highest BCUT2D eigenvalue weighted by Crippen LogP contribution is 2.28. The number of benzene rings is 2. The average molecular weight is 334 g/mol. The van der Waals surface area contributed by atoms with Crippen LogP contribution in [-0.2, 0) is 10.0 Å². The van der Waals surface area contributed by atoms with Gasteiger partial charge in [0.1, 0.15) is 5.75 Å². The van der Waals surface area contributed by atoms with E-state index in [1.165, 1.54) is 44.5 Å². The Balaban J connectivity index is 2.35. The lowest BCUT2D eigenvalue weighted by Gasteiger charge is -2.13. The number of sulfonamides is 1. The van der Waals surface area contributed by atoms with E-state index in [-0.39, 0.29) is 22.2 Å². The molecule has 0 saturated carbocycles. The summed E-state index contributed by atoms with van der Waals surface area (Å²) < 4.78 is 32.5. The quantitative estimate of drug-likeness (QED) is 0.877. The number of methoxy groups -OCH3 is 1. The number of hydrogen-bond acceptors (Lipinski definition) is 4. The van der Waals surface area contributed by atoms with Gasteiger partial charge in [0, 0.05) is 12.6 Å².